The Kier molecular flexibility index (Phi) is 4.79. The molecule has 0 radical (unpaired) electrons. The molecule has 0 amide bonds. The van der Waals surface area contributed by atoms with Gasteiger partial charge in [-0.25, -0.2) is 0 Å². The van der Waals surface area contributed by atoms with E-state index in [1.165, 1.54) is 50.7 Å². The molecule has 0 aromatic rings. The first kappa shape index (κ1) is 11.7. The average Bonchev–Trinajstić information content (AvgIpc) is 2.67. The molecule has 1 saturated carbocycles. The first-order chi connectivity index (χ1) is 7.36. The summed E-state index contributed by atoms with van der Waals surface area (Å²) < 4.78 is 5.65. The Labute approximate surface area is 97.3 Å². The molecule has 88 valence electrons. The van der Waals surface area contributed by atoms with Crippen LogP contribution in [0.3, 0.4) is 0 Å². The summed E-state index contributed by atoms with van der Waals surface area (Å²) in [5.41, 5.74) is 6.20. The van der Waals surface area contributed by atoms with Gasteiger partial charge in [-0.15, -0.1) is 0 Å². The SMILES string of the molecule is NC1CCCCCC1SCC1CCCO1. The minimum absolute atomic E-state index is 0.430. The average molecular weight is 229 g/mol. The summed E-state index contributed by atoms with van der Waals surface area (Å²) in [5.74, 6) is 1.17. The maximum atomic E-state index is 6.20. The molecule has 2 fully saturated rings. The third kappa shape index (κ3) is 3.65. The Balaban J connectivity index is 1.71. The second-order valence-electron chi connectivity index (χ2n) is 4.81. The number of rotatable bonds is 3. The topological polar surface area (TPSA) is 35.2 Å². The predicted molar refractivity (Wildman–Crippen MR) is 66.3 cm³/mol. The van der Waals surface area contributed by atoms with Crippen LogP contribution in [0.15, 0.2) is 0 Å². The normalized spacial score (nSPS) is 37.8. The molecular weight excluding hydrogens is 206 g/mol. The maximum absolute atomic E-state index is 6.20. The van der Waals surface area contributed by atoms with Gasteiger partial charge in [0.1, 0.15) is 0 Å². The fourth-order valence-corrected chi connectivity index (χ4v) is 3.96. The molecule has 3 atom stereocenters. The molecule has 1 aliphatic carbocycles. The van der Waals surface area contributed by atoms with E-state index >= 15 is 0 Å². The highest BCUT2D eigenvalue weighted by Crippen LogP contribution is 2.29. The lowest BCUT2D eigenvalue weighted by molar-refractivity contribution is 0.128. The van der Waals surface area contributed by atoms with Crippen molar-refractivity contribution in [2.45, 2.75) is 62.3 Å². The Morgan fingerprint density at radius 3 is 2.73 bits per heavy atom. The van der Waals surface area contributed by atoms with Crippen molar-refractivity contribution in [2.75, 3.05) is 12.4 Å². The Morgan fingerprint density at radius 2 is 1.93 bits per heavy atom. The molecule has 2 N–H and O–H groups in total. The van der Waals surface area contributed by atoms with Crippen molar-refractivity contribution >= 4 is 11.8 Å². The molecule has 1 saturated heterocycles. The van der Waals surface area contributed by atoms with Gasteiger partial charge in [0.25, 0.3) is 0 Å². The van der Waals surface area contributed by atoms with Gasteiger partial charge in [0.2, 0.25) is 0 Å². The quantitative estimate of drug-likeness (QED) is 0.755. The molecule has 1 aliphatic heterocycles. The summed E-state index contributed by atoms with van der Waals surface area (Å²) in [5, 5.41) is 0.691. The van der Waals surface area contributed by atoms with E-state index in [9.17, 15) is 0 Å². The third-order valence-electron chi connectivity index (χ3n) is 3.52. The standard InChI is InChI=1S/C12H23NOS/c13-11-6-2-1-3-7-12(11)15-9-10-5-4-8-14-10/h10-12H,1-9,13H2. The van der Waals surface area contributed by atoms with Gasteiger partial charge < -0.3 is 10.5 Å². The summed E-state index contributed by atoms with van der Waals surface area (Å²) in [6.07, 6.45) is 9.66. The van der Waals surface area contributed by atoms with Crippen molar-refractivity contribution in [2.24, 2.45) is 5.73 Å². The van der Waals surface area contributed by atoms with Gasteiger partial charge in [-0.05, 0) is 25.7 Å². The first-order valence-electron chi connectivity index (χ1n) is 6.35. The fraction of sp³-hybridized carbons (Fsp3) is 1.00. The maximum Gasteiger partial charge on any atom is 0.0666 e. The fourth-order valence-electron chi connectivity index (χ4n) is 2.52. The summed E-state index contributed by atoms with van der Waals surface area (Å²) in [7, 11) is 0. The van der Waals surface area contributed by atoms with Crippen LogP contribution in [0.25, 0.3) is 0 Å². The predicted octanol–water partition coefficient (Wildman–Crippen LogP) is 2.56. The number of hydrogen-bond acceptors (Lipinski definition) is 3. The molecular formula is C12H23NOS. The van der Waals surface area contributed by atoms with Crippen LogP contribution in [0.4, 0.5) is 0 Å². The molecule has 0 aromatic carbocycles. The molecule has 2 nitrogen and oxygen atoms in total. The van der Waals surface area contributed by atoms with Crippen LogP contribution in [0.5, 0.6) is 0 Å². The van der Waals surface area contributed by atoms with Gasteiger partial charge in [-0.3, -0.25) is 0 Å². The van der Waals surface area contributed by atoms with Crippen molar-refractivity contribution < 1.29 is 4.74 Å². The van der Waals surface area contributed by atoms with Gasteiger partial charge in [0.05, 0.1) is 6.10 Å². The van der Waals surface area contributed by atoms with Crippen LogP contribution in [-0.2, 0) is 4.74 Å². The van der Waals surface area contributed by atoms with Crippen molar-refractivity contribution in [1.29, 1.82) is 0 Å². The Bertz CT molecular complexity index is 182. The highest BCUT2D eigenvalue weighted by molar-refractivity contribution is 8.00. The second-order valence-corrected chi connectivity index (χ2v) is 6.08. The molecule has 2 aliphatic rings. The Hall–Kier alpha value is 0.270. The number of hydrogen-bond donors (Lipinski definition) is 1. The van der Waals surface area contributed by atoms with Crippen molar-refractivity contribution in [3.8, 4) is 0 Å². The van der Waals surface area contributed by atoms with Crippen LogP contribution in [-0.4, -0.2) is 29.8 Å². The zero-order valence-corrected chi connectivity index (χ0v) is 10.3. The molecule has 1 heterocycles. The van der Waals surface area contributed by atoms with Crippen LogP contribution >= 0.6 is 11.8 Å². The summed E-state index contributed by atoms with van der Waals surface area (Å²) in [4.78, 5) is 0. The third-order valence-corrected chi connectivity index (χ3v) is 5.10. The van der Waals surface area contributed by atoms with Crippen molar-refractivity contribution in [3.05, 3.63) is 0 Å². The van der Waals surface area contributed by atoms with Crippen molar-refractivity contribution in [3.63, 3.8) is 0 Å². The summed E-state index contributed by atoms with van der Waals surface area (Å²) in [6.45, 7) is 0.974. The van der Waals surface area contributed by atoms with E-state index in [0.29, 0.717) is 17.4 Å². The number of thioether (sulfide) groups is 1. The van der Waals surface area contributed by atoms with Crippen LogP contribution < -0.4 is 5.73 Å². The largest absolute Gasteiger partial charge is 0.377 e. The van der Waals surface area contributed by atoms with Gasteiger partial charge in [-0.1, -0.05) is 19.3 Å². The molecule has 3 heteroatoms. The molecule has 0 aromatic heterocycles. The zero-order valence-electron chi connectivity index (χ0n) is 9.49. The molecule has 0 bridgehead atoms. The monoisotopic (exact) mass is 229 g/mol. The van der Waals surface area contributed by atoms with Gasteiger partial charge in [0.15, 0.2) is 0 Å². The van der Waals surface area contributed by atoms with Crippen LogP contribution in [0, 0.1) is 0 Å². The van der Waals surface area contributed by atoms with E-state index < -0.39 is 0 Å². The minimum Gasteiger partial charge on any atom is -0.377 e. The highest BCUT2D eigenvalue weighted by atomic mass is 32.2. The lowest BCUT2D eigenvalue weighted by Gasteiger charge is -2.22. The zero-order chi connectivity index (χ0) is 10.5. The lowest BCUT2D eigenvalue weighted by atomic mass is 10.1. The highest BCUT2D eigenvalue weighted by Gasteiger charge is 2.23. The van der Waals surface area contributed by atoms with E-state index in [-0.39, 0.29) is 0 Å². The van der Waals surface area contributed by atoms with Crippen LogP contribution in [0.1, 0.15) is 44.9 Å². The molecule has 3 unspecified atom stereocenters. The summed E-state index contributed by atoms with van der Waals surface area (Å²) >= 11 is 2.07. The smallest absolute Gasteiger partial charge is 0.0666 e. The van der Waals surface area contributed by atoms with Gasteiger partial charge in [-0.2, -0.15) is 11.8 Å². The van der Waals surface area contributed by atoms with E-state index in [0.717, 1.165) is 6.61 Å². The molecule has 2 rings (SSSR count). The lowest BCUT2D eigenvalue weighted by Crippen LogP contribution is -2.32. The van der Waals surface area contributed by atoms with Gasteiger partial charge >= 0.3 is 0 Å². The number of nitrogens with two attached hydrogens (primary N) is 1. The van der Waals surface area contributed by atoms with E-state index in [4.69, 9.17) is 10.5 Å². The van der Waals surface area contributed by atoms with Gasteiger partial charge in [0, 0.05) is 23.7 Å². The Morgan fingerprint density at radius 1 is 1.07 bits per heavy atom. The van der Waals surface area contributed by atoms with E-state index in [1.807, 2.05) is 0 Å². The van der Waals surface area contributed by atoms with Crippen LogP contribution in [0.2, 0.25) is 0 Å². The summed E-state index contributed by atoms with van der Waals surface area (Å²) in [6, 6.07) is 0.430. The minimum atomic E-state index is 0.430. The van der Waals surface area contributed by atoms with Crippen molar-refractivity contribution in [1.82, 2.24) is 0 Å². The second kappa shape index (κ2) is 6.12. The number of ether oxygens (including phenoxy) is 1. The van der Waals surface area contributed by atoms with E-state index in [1.54, 1.807) is 0 Å². The molecule has 15 heavy (non-hydrogen) atoms. The molecule has 0 spiro atoms. The first-order valence-corrected chi connectivity index (χ1v) is 7.40. The van der Waals surface area contributed by atoms with E-state index in [2.05, 4.69) is 11.8 Å².